The lowest BCUT2D eigenvalue weighted by Crippen LogP contribution is -2.55. The van der Waals surface area contributed by atoms with Gasteiger partial charge in [0.25, 0.3) is 11.8 Å². The molecule has 0 saturated carbocycles. The van der Waals surface area contributed by atoms with Gasteiger partial charge < -0.3 is 15.1 Å². The van der Waals surface area contributed by atoms with E-state index in [1.54, 1.807) is 6.20 Å². The van der Waals surface area contributed by atoms with Crippen LogP contribution in [0.25, 0.3) is 0 Å². The van der Waals surface area contributed by atoms with E-state index in [4.69, 9.17) is 0 Å². The van der Waals surface area contributed by atoms with Gasteiger partial charge in [0.2, 0.25) is 0 Å². The number of nitrogens with zero attached hydrogens (tertiary/aromatic N) is 4. The first-order valence-corrected chi connectivity index (χ1v) is 11.5. The lowest BCUT2D eigenvalue weighted by molar-refractivity contribution is -0.133. The second-order valence-electron chi connectivity index (χ2n) is 9.19. The Balaban J connectivity index is 1.30. The molecule has 4 heterocycles. The van der Waals surface area contributed by atoms with Gasteiger partial charge in [-0.15, -0.1) is 0 Å². The number of carbonyl (C=O) groups excluding carboxylic acids is 3. The molecule has 1 spiro atoms. The van der Waals surface area contributed by atoms with Crippen molar-refractivity contribution in [1.82, 2.24) is 25.0 Å². The minimum absolute atomic E-state index is 0.00117. The number of carbonyl (C=O) groups is 3. The summed E-state index contributed by atoms with van der Waals surface area (Å²) in [6, 6.07) is 3.41. The van der Waals surface area contributed by atoms with E-state index in [1.807, 2.05) is 24.0 Å². The molecule has 3 aliphatic heterocycles. The molecule has 8 nitrogen and oxygen atoms in total. The van der Waals surface area contributed by atoms with E-state index in [1.165, 1.54) is 4.90 Å². The molecule has 0 radical (unpaired) electrons. The second-order valence-corrected chi connectivity index (χ2v) is 9.19. The van der Waals surface area contributed by atoms with Crippen LogP contribution in [0.5, 0.6) is 0 Å². The first-order valence-electron chi connectivity index (χ1n) is 11.5. The van der Waals surface area contributed by atoms with Crippen molar-refractivity contribution in [2.24, 2.45) is 5.92 Å². The molecular weight excluding hydrogens is 394 g/mol. The van der Waals surface area contributed by atoms with Gasteiger partial charge in [-0.2, -0.15) is 0 Å². The Morgan fingerprint density at radius 2 is 1.87 bits per heavy atom. The van der Waals surface area contributed by atoms with Crippen LogP contribution in [0.4, 0.5) is 4.79 Å². The molecule has 3 saturated heterocycles. The molecule has 0 unspecified atom stereocenters. The van der Waals surface area contributed by atoms with Crippen LogP contribution >= 0.6 is 0 Å². The van der Waals surface area contributed by atoms with Gasteiger partial charge in [-0.3, -0.25) is 19.5 Å². The number of nitrogens with one attached hydrogen (secondary N) is 1. The number of imide groups is 1. The lowest BCUT2D eigenvalue weighted by Gasteiger charge is -2.37. The van der Waals surface area contributed by atoms with Crippen LogP contribution in [-0.2, 0) is 4.79 Å². The van der Waals surface area contributed by atoms with E-state index in [0.717, 1.165) is 44.6 Å². The third-order valence-corrected chi connectivity index (χ3v) is 7.00. The summed E-state index contributed by atoms with van der Waals surface area (Å²) in [6.07, 6.45) is 5.68. The van der Waals surface area contributed by atoms with Gasteiger partial charge >= 0.3 is 6.03 Å². The maximum atomic E-state index is 13.2. The average Bonchev–Trinajstić information content (AvgIpc) is 3.00. The van der Waals surface area contributed by atoms with E-state index in [2.05, 4.69) is 22.1 Å². The van der Waals surface area contributed by atoms with E-state index in [9.17, 15) is 14.4 Å². The molecule has 0 bridgehead atoms. The molecule has 4 amide bonds. The Morgan fingerprint density at radius 1 is 1.16 bits per heavy atom. The topological polar surface area (TPSA) is 85.8 Å². The zero-order chi connectivity index (χ0) is 22.0. The van der Waals surface area contributed by atoms with Crippen molar-refractivity contribution in [2.45, 2.75) is 51.5 Å². The smallest absolute Gasteiger partial charge is 0.325 e. The van der Waals surface area contributed by atoms with Crippen LogP contribution in [0.2, 0.25) is 0 Å². The largest absolute Gasteiger partial charge is 0.339 e. The lowest BCUT2D eigenvalue weighted by atomic mass is 9.87. The molecule has 1 N–H and O–H groups in total. The molecule has 1 aromatic rings. The Bertz CT molecular complexity index is 824. The Labute approximate surface area is 184 Å². The maximum absolute atomic E-state index is 13.2. The highest BCUT2D eigenvalue weighted by Crippen LogP contribution is 2.31. The summed E-state index contributed by atoms with van der Waals surface area (Å²) >= 11 is 0. The van der Waals surface area contributed by atoms with Crippen molar-refractivity contribution < 1.29 is 14.4 Å². The third-order valence-electron chi connectivity index (χ3n) is 7.00. The molecule has 4 rings (SSSR count). The van der Waals surface area contributed by atoms with Crippen LogP contribution in [0.15, 0.2) is 18.3 Å². The van der Waals surface area contributed by atoms with E-state index >= 15 is 0 Å². The summed E-state index contributed by atoms with van der Waals surface area (Å²) in [5.41, 5.74) is 0.781. The molecule has 3 fully saturated rings. The minimum Gasteiger partial charge on any atom is -0.339 e. The van der Waals surface area contributed by atoms with Crippen molar-refractivity contribution >= 4 is 17.8 Å². The molecule has 3 aliphatic rings. The molecule has 0 aliphatic carbocycles. The van der Waals surface area contributed by atoms with Crippen molar-refractivity contribution in [3.8, 4) is 0 Å². The average molecular weight is 428 g/mol. The van der Waals surface area contributed by atoms with E-state index in [-0.39, 0.29) is 23.8 Å². The Hall–Kier alpha value is -2.48. The number of pyridine rings is 1. The number of hydrogen-bond acceptors (Lipinski definition) is 5. The number of likely N-dealkylation sites (tertiary alicyclic amines) is 2. The summed E-state index contributed by atoms with van der Waals surface area (Å²) < 4.78 is 0. The highest BCUT2D eigenvalue weighted by atomic mass is 16.2. The van der Waals surface area contributed by atoms with Crippen LogP contribution in [0.1, 0.15) is 55.1 Å². The molecule has 8 heteroatoms. The molecular formula is C23H33N5O3. The highest BCUT2D eigenvalue weighted by molar-refractivity contribution is 6.07. The monoisotopic (exact) mass is 427 g/mol. The predicted octanol–water partition coefficient (Wildman–Crippen LogP) is 2.04. The van der Waals surface area contributed by atoms with E-state index < -0.39 is 5.54 Å². The zero-order valence-corrected chi connectivity index (χ0v) is 18.6. The first kappa shape index (κ1) is 21.7. The van der Waals surface area contributed by atoms with Crippen LogP contribution in [0.3, 0.4) is 0 Å². The van der Waals surface area contributed by atoms with Crippen LogP contribution in [-0.4, -0.2) is 82.3 Å². The van der Waals surface area contributed by atoms with Gasteiger partial charge in [0.1, 0.15) is 5.54 Å². The third kappa shape index (κ3) is 4.44. The number of aryl methyl sites for hydroxylation is 1. The number of amides is 4. The van der Waals surface area contributed by atoms with Gasteiger partial charge in [0, 0.05) is 44.6 Å². The second kappa shape index (κ2) is 8.94. The molecule has 0 atom stereocenters. The molecule has 31 heavy (non-hydrogen) atoms. The van der Waals surface area contributed by atoms with Crippen molar-refractivity contribution in [3.05, 3.63) is 29.6 Å². The van der Waals surface area contributed by atoms with Crippen LogP contribution in [0, 0.1) is 12.8 Å². The summed E-state index contributed by atoms with van der Waals surface area (Å²) in [4.78, 5) is 48.4. The van der Waals surface area contributed by atoms with Gasteiger partial charge in [-0.1, -0.05) is 6.92 Å². The SMILES string of the molecule is CCCN1CCC2(CC1)NC(=O)N(CC1CCN(C(=O)c3ccc(C)nc3)CC1)C2=O. The molecule has 0 aromatic carbocycles. The number of piperidine rings is 2. The summed E-state index contributed by atoms with van der Waals surface area (Å²) in [7, 11) is 0. The molecule has 1 aromatic heterocycles. The fourth-order valence-electron chi connectivity index (χ4n) is 5.01. The highest BCUT2D eigenvalue weighted by Gasteiger charge is 2.52. The zero-order valence-electron chi connectivity index (χ0n) is 18.6. The van der Waals surface area contributed by atoms with Gasteiger partial charge in [0.15, 0.2) is 0 Å². The fraction of sp³-hybridized carbons (Fsp3) is 0.652. The summed E-state index contributed by atoms with van der Waals surface area (Å²) in [5, 5.41) is 3.01. The van der Waals surface area contributed by atoms with Gasteiger partial charge in [-0.05, 0) is 63.6 Å². The number of rotatable bonds is 5. The van der Waals surface area contributed by atoms with Gasteiger partial charge in [0.05, 0.1) is 5.56 Å². The predicted molar refractivity (Wildman–Crippen MR) is 117 cm³/mol. The van der Waals surface area contributed by atoms with Crippen molar-refractivity contribution in [2.75, 3.05) is 39.3 Å². The quantitative estimate of drug-likeness (QED) is 0.727. The first-order chi connectivity index (χ1) is 14.9. The number of aromatic nitrogens is 1. The fourth-order valence-corrected chi connectivity index (χ4v) is 5.01. The normalized spacial score (nSPS) is 22.3. The Morgan fingerprint density at radius 3 is 2.48 bits per heavy atom. The van der Waals surface area contributed by atoms with Gasteiger partial charge in [-0.25, -0.2) is 4.79 Å². The molecule has 168 valence electrons. The minimum atomic E-state index is -0.712. The summed E-state index contributed by atoms with van der Waals surface area (Å²) in [5.74, 6) is 0.168. The number of urea groups is 1. The maximum Gasteiger partial charge on any atom is 0.325 e. The van der Waals surface area contributed by atoms with Crippen molar-refractivity contribution in [1.29, 1.82) is 0 Å². The summed E-state index contributed by atoms with van der Waals surface area (Å²) in [6.45, 7) is 8.51. The number of hydrogen-bond donors (Lipinski definition) is 1. The standard InChI is InChI=1S/C23H33N5O3/c1-3-10-26-13-8-23(9-14-26)21(30)28(22(31)25-23)16-18-6-11-27(12-7-18)20(29)19-5-4-17(2)24-15-19/h4-5,15,18H,3,6-14,16H2,1-2H3,(H,25,31). The van der Waals surface area contributed by atoms with Crippen molar-refractivity contribution in [3.63, 3.8) is 0 Å². The Kier molecular flexibility index (Phi) is 6.27. The van der Waals surface area contributed by atoms with E-state index in [0.29, 0.717) is 38.0 Å². The van der Waals surface area contributed by atoms with Crippen LogP contribution < -0.4 is 5.32 Å².